The molecule has 1 N–H and O–H groups in total. The van der Waals surface area contributed by atoms with Gasteiger partial charge in [-0.05, 0) is 39.0 Å². The summed E-state index contributed by atoms with van der Waals surface area (Å²) in [7, 11) is 0. The zero-order valence-corrected chi connectivity index (χ0v) is 14.0. The summed E-state index contributed by atoms with van der Waals surface area (Å²) in [6.45, 7) is 5.86. The van der Waals surface area contributed by atoms with Crippen molar-refractivity contribution in [2.75, 3.05) is 5.32 Å². The van der Waals surface area contributed by atoms with Gasteiger partial charge >= 0.3 is 0 Å². The van der Waals surface area contributed by atoms with Crippen LogP contribution in [0.3, 0.4) is 0 Å². The Morgan fingerprint density at radius 2 is 2.22 bits per heavy atom. The highest BCUT2D eigenvalue weighted by molar-refractivity contribution is 7.14. The fourth-order valence-electron chi connectivity index (χ4n) is 2.22. The van der Waals surface area contributed by atoms with Crippen molar-refractivity contribution in [2.24, 2.45) is 0 Å². The Bertz CT molecular complexity index is 822. The second-order valence-electron chi connectivity index (χ2n) is 5.44. The maximum Gasteiger partial charge on any atom is 0.275 e. The highest BCUT2D eigenvalue weighted by Crippen LogP contribution is 2.24. The Labute approximate surface area is 138 Å². The fourth-order valence-corrected chi connectivity index (χ4v) is 2.93. The van der Waals surface area contributed by atoms with Crippen LogP contribution in [0, 0.1) is 6.92 Å². The molecular formula is C16H17N5OS. The second kappa shape index (κ2) is 6.29. The van der Waals surface area contributed by atoms with Gasteiger partial charge in [-0.3, -0.25) is 19.8 Å². The van der Waals surface area contributed by atoms with Crippen molar-refractivity contribution in [1.29, 1.82) is 0 Å². The molecule has 6 nitrogen and oxygen atoms in total. The SMILES string of the molecule is Cc1cc(C(=O)Nc2nc(-c3cccnc3)cs2)n(C(C)C)n1. The third-order valence-electron chi connectivity index (χ3n) is 3.26. The number of aromatic nitrogens is 4. The summed E-state index contributed by atoms with van der Waals surface area (Å²) < 4.78 is 1.72. The number of carbonyl (C=O) groups excluding carboxylic acids is 1. The van der Waals surface area contributed by atoms with E-state index in [1.165, 1.54) is 11.3 Å². The number of carbonyl (C=O) groups is 1. The largest absolute Gasteiger partial charge is 0.296 e. The maximum atomic E-state index is 12.5. The van der Waals surface area contributed by atoms with Gasteiger partial charge in [0, 0.05) is 29.4 Å². The van der Waals surface area contributed by atoms with Crippen LogP contribution in [0.25, 0.3) is 11.3 Å². The Morgan fingerprint density at radius 1 is 1.39 bits per heavy atom. The van der Waals surface area contributed by atoms with Crippen molar-refractivity contribution in [1.82, 2.24) is 19.7 Å². The number of hydrogen-bond donors (Lipinski definition) is 1. The van der Waals surface area contributed by atoms with Gasteiger partial charge in [-0.25, -0.2) is 4.98 Å². The third-order valence-corrected chi connectivity index (χ3v) is 4.02. The van der Waals surface area contributed by atoms with E-state index in [-0.39, 0.29) is 11.9 Å². The second-order valence-corrected chi connectivity index (χ2v) is 6.30. The summed E-state index contributed by atoms with van der Waals surface area (Å²) in [5.74, 6) is -0.202. The number of nitrogens with zero attached hydrogens (tertiary/aromatic N) is 4. The van der Waals surface area contributed by atoms with Gasteiger partial charge in [-0.1, -0.05) is 0 Å². The number of amides is 1. The Kier molecular flexibility index (Phi) is 4.20. The first-order valence-corrected chi connectivity index (χ1v) is 8.16. The Hall–Kier alpha value is -2.54. The van der Waals surface area contributed by atoms with Gasteiger partial charge in [-0.2, -0.15) is 5.10 Å². The first kappa shape index (κ1) is 15.4. The van der Waals surface area contributed by atoms with E-state index >= 15 is 0 Å². The zero-order valence-electron chi connectivity index (χ0n) is 13.1. The smallest absolute Gasteiger partial charge is 0.275 e. The van der Waals surface area contributed by atoms with Gasteiger partial charge in [0.1, 0.15) is 5.69 Å². The zero-order chi connectivity index (χ0) is 16.4. The maximum absolute atomic E-state index is 12.5. The lowest BCUT2D eigenvalue weighted by atomic mass is 10.2. The van der Waals surface area contributed by atoms with Crippen molar-refractivity contribution in [3.8, 4) is 11.3 Å². The molecule has 0 saturated heterocycles. The number of anilines is 1. The summed E-state index contributed by atoms with van der Waals surface area (Å²) in [4.78, 5) is 21.0. The van der Waals surface area contributed by atoms with Crippen LogP contribution in [-0.2, 0) is 0 Å². The molecule has 0 aromatic carbocycles. The summed E-state index contributed by atoms with van der Waals surface area (Å²) >= 11 is 1.39. The predicted octanol–water partition coefficient (Wildman–Crippen LogP) is 3.54. The van der Waals surface area contributed by atoms with E-state index in [4.69, 9.17) is 0 Å². The Balaban J connectivity index is 1.80. The van der Waals surface area contributed by atoms with Crippen LogP contribution >= 0.6 is 11.3 Å². The van der Waals surface area contributed by atoms with Crippen LogP contribution in [-0.4, -0.2) is 25.7 Å². The van der Waals surface area contributed by atoms with Crippen LogP contribution in [0.1, 0.15) is 36.1 Å². The highest BCUT2D eigenvalue weighted by atomic mass is 32.1. The van der Waals surface area contributed by atoms with E-state index in [0.29, 0.717) is 10.8 Å². The number of hydrogen-bond acceptors (Lipinski definition) is 5. The first-order valence-electron chi connectivity index (χ1n) is 7.28. The van der Waals surface area contributed by atoms with E-state index in [9.17, 15) is 4.79 Å². The molecule has 0 unspecified atom stereocenters. The van der Waals surface area contributed by atoms with E-state index < -0.39 is 0 Å². The summed E-state index contributed by atoms with van der Waals surface area (Å²) in [5, 5.41) is 9.66. The lowest BCUT2D eigenvalue weighted by Crippen LogP contribution is -2.18. The van der Waals surface area contributed by atoms with Gasteiger partial charge in [0.15, 0.2) is 5.13 Å². The van der Waals surface area contributed by atoms with Gasteiger partial charge < -0.3 is 0 Å². The van der Waals surface area contributed by atoms with Crippen molar-refractivity contribution in [3.63, 3.8) is 0 Å². The quantitative estimate of drug-likeness (QED) is 0.795. The molecule has 3 rings (SSSR count). The van der Waals surface area contributed by atoms with Crippen molar-refractivity contribution in [2.45, 2.75) is 26.8 Å². The lowest BCUT2D eigenvalue weighted by Gasteiger charge is -2.09. The van der Waals surface area contributed by atoms with E-state index in [1.54, 1.807) is 23.1 Å². The van der Waals surface area contributed by atoms with Gasteiger partial charge in [0.25, 0.3) is 5.91 Å². The molecular weight excluding hydrogens is 310 g/mol. The topological polar surface area (TPSA) is 72.7 Å². The summed E-state index contributed by atoms with van der Waals surface area (Å²) in [5.41, 5.74) is 3.08. The van der Waals surface area contributed by atoms with Crippen LogP contribution in [0.15, 0.2) is 36.0 Å². The standard InChI is InChI=1S/C16H17N5OS/c1-10(2)21-14(7-11(3)20-21)15(22)19-16-18-13(9-23-16)12-5-4-6-17-8-12/h4-10H,1-3H3,(H,18,19,22). The molecule has 0 radical (unpaired) electrons. The molecule has 3 aromatic rings. The molecule has 0 bridgehead atoms. The molecule has 118 valence electrons. The number of aryl methyl sites for hydroxylation is 1. The van der Waals surface area contributed by atoms with E-state index in [0.717, 1.165) is 17.0 Å². The van der Waals surface area contributed by atoms with Gasteiger partial charge in [0.05, 0.1) is 11.4 Å². The molecule has 0 aliphatic heterocycles. The molecule has 0 atom stereocenters. The normalized spacial score (nSPS) is 11.0. The lowest BCUT2D eigenvalue weighted by molar-refractivity contribution is 0.101. The number of nitrogens with one attached hydrogen (secondary N) is 1. The molecule has 0 aliphatic carbocycles. The molecule has 0 saturated carbocycles. The molecule has 1 amide bonds. The fraction of sp³-hybridized carbons (Fsp3) is 0.250. The predicted molar refractivity (Wildman–Crippen MR) is 90.6 cm³/mol. The molecule has 0 aliphatic rings. The Morgan fingerprint density at radius 3 is 2.91 bits per heavy atom. The molecule has 0 spiro atoms. The molecule has 23 heavy (non-hydrogen) atoms. The minimum absolute atomic E-state index is 0.117. The minimum atomic E-state index is -0.202. The number of pyridine rings is 1. The molecule has 3 aromatic heterocycles. The molecule has 3 heterocycles. The first-order chi connectivity index (χ1) is 11.0. The average molecular weight is 327 g/mol. The molecule has 0 fully saturated rings. The van der Waals surface area contributed by atoms with Gasteiger partial charge in [0.2, 0.25) is 0 Å². The minimum Gasteiger partial charge on any atom is -0.296 e. The highest BCUT2D eigenvalue weighted by Gasteiger charge is 2.17. The molecule has 7 heteroatoms. The number of thiazole rings is 1. The van der Waals surface area contributed by atoms with E-state index in [1.807, 2.05) is 38.3 Å². The van der Waals surface area contributed by atoms with Crippen LogP contribution in [0.5, 0.6) is 0 Å². The van der Waals surface area contributed by atoms with Crippen molar-refractivity contribution in [3.05, 3.63) is 47.4 Å². The van der Waals surface area contributed by atoms with Crippen molar-refractivity contribution >= 4 is 22.4 Å². The van der Waals surface area contributed by atoms with Crippen LogP contribution in [0.2, 0.25) is 0 Å². The van der Waals surface area contributed by atoms with Gasteiger partial charge in [-0.15, -0.1) is 11.3 Å². The number of rotatable bonds is 4. The van der Waals surface area contributed by atoms with Crippen molar-refractivity contribution < 1.29 is 4.79 Å². The average Bonchev–Trinajstić information content (AvgIpc) is 3.15. The van der Waals surface area contributed by atoms with Crippen LogP contribution in [0.4, 0.5) is 5.13 Å². The third kappa shape index (κ3) is 3.29. The summed E-state index contributed by atoms with van der Waals surface area (Å²) in [6, 6.07) is 5.69. The van der Waals surface area contributed by atoms with Crippen LogP contribution < -0.4 is 5.32 Å². The monoisotopic (exact) mass is 327 g/mol. The summed E-state index contributed by atoms with van der Waals surface area (Å²) in [6.07, 6.45) is 3.46. The van der Waals surface area contributed by atoms with E-state index in [2.05, 4.69) is 20.4 Å².